The monoisotopic (exact) mass is 227 g/mol. The van der Waals surface area contributed by atoms with E-state index in [9.17, 15) is 0 Å². The van der Waals surface area contributed by atoms with Crippen molar-refractivity contribution in [1.82, 2.24) is 9.78 Å². The van der Waals surface area contributed by atoms with E-state index in [0.717, 1.165) is 5.92 Å². The van der Waals surface area contributed by atoms with Gasteiger partial charge in [0.05, 0.1) is 12.2 Å². The summed E-state index contributed by atoms with van der Waals surface area (Å²) in [7, 11) is 0. The Balaban J connectivity index is 2.13. The number of halogens is 1. The summed E-state index contributed by atoms with van der Waals surface area (Å²) in [5, 5.41) is 4.84. The van der Waals surface area contributed by atoms with E-state index < -0.39 is 0 Å². The Morgan fingerprint density at radius 1 is 1.40 bits per heavy atom. The molecule has 3 nitrogen and oxygen atoms in total. The number of hydrogen-bond acceptors (Lipinski definition) is 2. The van der Waals surface area contributed by atoms with Gasteiger partial charge in [0.15, 0.2) is 0 Å². The zero-order valence-corrected chi connectivity index (χ0v) is 9.87. The molecule has 1 aromatic rings. The first-order valence-electron chi connectivity index (χ1n) is 5.67. The number of anilines is 1. The quantitative estimate of drug-likeness (QED) is 0.749. The third-order valence-electron chi connectivity index (χ3n) is 3.36. The first-order valence-corrected chi connectivity index (χ1v) is 6.04. The predicted octanol–water partition coefficient (Wildman–Crippen LogP) is 3.26. The average Bonchev–Trinajstić information content (AvgIpc) is 2.43. The first-order chi connectivity index (χ1) is 7.18. The topological polar surface area (TPSA) is 43.8 Å². The molecule has 0 amide bonds. The molecule has 1 aliphatic carbocycles. The van der Waals surface area contributed by atoms with Crippen LogP contribution < -0.4 is 5.73 Å². The molecule has 2 unspecified atom stereocenters. The Kier molecular flexibility index (Phi) is 3.19. The van der Waals surface area contributed by atoms with Gasteiger partial charge in [0, 0.05) is 0 Å². The van der Waals surface area contributed by atoms with Crippen molar-refractivity contribution in [3.63, 3.8) is 0 Å². The van der Waals surface area contributed by atoms with E-state index >= 15 is 0 Å². The maximum Gasteiger partial charge on any atom is 0.140 e. The van der Waals surface area contributed by atoms with Gasteiger partial charge in [0.2, 0.25) is 0 Å². The molecule has 2 atom stereocenters. The molecule has 0 saturated heterocycles. The molecule has 2 rings (SSSR count). The van der Waals surface area contributed by atoms with E-state index in [1.165, 1.54) is 32.1 Å². The Hall–Kier alpha value is -0.700. The molecular weight excluding hydrogens is 210 g/mol. The number of nitrogens with two attached hydrogens (primary N) is 1. The Morgan fingerprint density at radius 2 is 2.20 bits per heavy atom. The van der Waals surface area contributed by atoms with Crippen LogP contribution in [0.3, 0.4) is 0 Å². The van der Waals surface area contributed by atoms with E-state index in [-0.39, 0.29) is 0 Å². The van der Waals surface area contributed by atoms with Crippen molar-refractivity contribution in [3.8, 4) is 0 Å². The van der Waals surface area contributed by atoms with Gasteiger partial charge in [-0.3, -0.25) is 0 Å². The molecule has 15 heavy (non-hydrogen) atoms. The van der Waals surface area contributed by atoms with Crippen LogP contribution >= 0.6 is 11.6 Å². The van der Waals surface area contributed by atoms with Gasteiger partial charge in [-0.05, 0) is 25.2 Å². The zero-order chi connectivity index (χ0) is 10.8. The predicted molar refractivity (Wildman–Crippen MR) is 62.9 cm³/mol. The summed E-state index contributed by atoms with van der Waals surface area (Å²) < 4.78 is 1.90. The van der Waals surface area contributed by atoms with Gasteiger partial charge in [0.1, 0.15) is 10.8 Å². The van der Waals surface area contributed by atoms with Crippen molar-refractivity contribution in [3.05, 3.63) is 11.2 Å². The fraction of sp³-hybridized carbons (Fsp3) is 0.727. The van der Waals surface area contributed by atoms with Gasteiger partial charge in [-0.2, -0.15) is 5.10 Å². The lowest BCUT2D eigenvalue weighted by Crippen LogP contribution is -2.12. The van der Waals surface area contributed by atoms with E-state index in [1.54, 1.807) is 6.20 Å². The molecule has 1 saturated carbocycles. The van der Waals surface area contributed by atoms with Crippen LogP contribution in [0.25, 0.3) is 0 Å². The van der Waals surface area contributed by atoms with E-state index in [4.69, 9.17) is 17.3 Å². The van der Waals surface area contributed by atoms with E-state index in [1.807, 2.05) is 4.68 Å². The highest BCUT2D eigenvalue weighted by Gasteiger charge is 2.20. The second-order valence-electron chi connectivity index (χ2n) is 4.59. The average molecular weight is 228 g/mol. The van der Waals surface area contributed by atoms with Crippen molar-refractivity contribution in [2.45, 2.75) is 45.1 Å². The van der Waals surface area contributed by atoms with Crippen LogP contribution in [0.15, 0.2) is 6.20 Å². The second-order valence-corrected chi connectivity index (χ2v) is 5.00. The zero-order valence-electron chi connectivity index (χ0n) is 9.12. The SMILES string of the molecule is CC1CCCC(n2ncc(Cl)c2N)CC1. The smallest absolute Gasteiger partial charge is 0.140 e. The molecule has 0 bridgehead atoms. The largest absolute Gasteiger partial charge is 0.383 e. The van der Waals surface area contributed by atoms with Crippen LogP contribution in [-0.4, -0.2) is 9.78 Å². The van der Waals surface area contributed by atoms with Crippen LogP contribution in [0.2, 0.25) is 5.02 Å². The second kappa shape index (κ2) is 4.44. The molecule has 1 heterocycles. The molecule has 1 fully saturated rings. The van der Waals surface area contributed by atoms with Crippen LogP contribution in [0.5, 0.6) is 0 Å². The van der Waals surface area contributed by atoms with E-state index in [0.29, 0.717) is 16.9 Å². The van der Waals surface area contributed by atoms with Gasteiger partial charge in [-0.1, -0.05) is 31.4 Å². The molecule has 0 aromatic carbocycles. The minimum absolute atomic E-state index is 0.447. The number of nitrogens with zero attached hydrogens (tertiary/aromatic N) is 2. The highest BCUT2D eigenvalue weighted by molar-refractivity contribution is 6.32. The highest BCUT2D eigenvalue weighted by atomic mass is 35.5. The highest BCUT2D eigenvalue weighted by Crippen LogP contribution is 2.32. The van der Waals surface area contributed by atoms with Crippen molar-refractivity contribution in [2.75, 3.05) is 5.73 Å². The number of hydrogen-bond donors (Lipinski definition) is 1. The first kappa shape index (κ1) is 10.8. The van der Waals surface area contributed by atoms with Gasteiger partial charge in [0.25, 0.3) is 0 Å². The van der Waals surface area contributed by atoms with Crippen LogP contribution in [-0.2, 0) is 0 Å². The molecular formula is C11H18ClN3. The fourth-order valence-corrected chi connectivity index (χ4v) is 2.48. The Morgan fingerprint density at radius 3 is 2.87 bits per heavy atom. The lowest BCUT2D eigenvalue weighted by Gasteiger charge is -2.16. The molecule has 1 aliphatic rings. The molecule has 0 spiro atoms. The van der Waals surface area contributed by atoms with Gasteiger partial charge < -0.3 is 5.73 Å². The fourth-order valence-electron chi connectivity index (χ4n) is 2.35. The normalized spacial score (nSPS) is 27.6. The minimum Gasteiger partial charge on any atom is -0.383 e. The third-order valence-corrected chi connectivity index (χ3v) is 3.65. The Labute approximate surface area is 95.6 Å². The van der Waals surface area contributed by atoms with Crippen LogP contribution in [0.4, 0.5) is 5.82 Å². The molecule has 0 radical (unpaired) electrons. The van der Waals surface area contributed by atoms with Gasteiger partial charge >= 0.3 is 0 Å². The number of aromatic nitrogens is 2. The summed E-state index contributed by atoms with van der Waals surface area (Å²) in [5.41, 5.74) is 5.89. The lowest BCUT2D eigenvalue weighted by molar-refractivity contribution is 0.404. The summed E-state index contributed by atoms with van der Waals surface area (Å²) in [6.07, 6.45) is 7.84. The van der Waals surface area contributed by atoms with Crippen molar-refractivity contribution in [1.29, 1.82) is 0 Å². The molecule has 1 aromatic heterocycles. The van der Waals surface area contributed by atoms with Crippen LogP contribution in [0.1, 0.15) is 45.1 Å². The summed E-state index contributed by atoms with van der Waals surface area (Å²) in [6, 6.07) is 0.447. The summed E-state index contributed by atoms with van der Waals surface area (Å²) in [5.74, 6) is 1.46. The Bertz CT molecular complexity index is 335. The summed E-state index contributed by atoms with van der Waals surface area (Å²) >= 11 is 5.91. The lowest BCUT2D eigenvalue weighted by atomic mass is 10.0. The number of nitrogen functional groups attached to an aromatic ring is 1. The minimum atomic E-state index is 0.447. The standard InChI is InChI=1S/C11H18ClN3/c1-8-3-2-4-9(6-5-8)15-11(13)10(12)7-14-15/h7-9H,2-6,13H2,1H3. The van der Waals surface area contributed by atoms with Gasteiger partial charge in [-0.15, -0.1) is 0 Å². The van der Waals surface area contributed by atoms with Crippen molar-refractivity contribution < 1.29 is 0 Å². The molecule has 4 heteroatoms. The third kappa shape index (κ3) is 2.28. The maximum absolute atomic E-state index is 5.91. The van der Waals surface area contributed by atoms with Crippen molar-refractivity contribution >= 4 is 17.4 Å². The van der Waals surface area contributed by atoms with Gasteiger partial charge in [-0.25, -0.2) is 4.68 Å². The maximum atomic E-state index is 5.91. The molecule has 0 aliphatic heterocycles. The van der Waals surface area contributed by atoms with E-state index in [2.05, 4.69) is 12.0 Å². The molecule has 84 valence electrons. The number of rotatable bonds is 1. The molecule has 2 N–H and O–H groups in total. The van der Waals surface area contributed by atoms with Crippen LogP contribution in [0, 0.1) is 5.92 Å². The summed E-state index contributed by atoms with van der Waals surface area (Å²) in [6.45, 7) is 2.32. The summed E-state index contributed by atoms with van der Waals surface area (Å²) in [4.78, 5) is 0. The van der Waals surface area contributed by atoms with Crippen molar-refractivity contribution in [2.24, 2.45) is 5.92 Å².